The number of carbonyl (C=O) groups is 1. The smallest absolute Gasteiger partial charge is 0.261 e. The number of piperidine rings is 1. The number of hydrogen-bond donors (Lipinski definition) is 1. The van der Waals surface area contributed by atoms with Gasteiger partial charge in [0.05, 0.1) is 29.3 Å². The van der Waals surface area contributed by atoms with Crippen LogP contribution in [-0.4, -0.2) is 68.1 Å². The molecule has 10 nitrogen and oxygen atoms in total. The van der Waals surface area contributed by atoms with Crippen molar-refractivity contribution in [2.24, 2.45) is 11.8 Å². The van der Waals surface area contributed by atoms with Crippen LogP contribution in [0.5, 0.6) is 0 Å². The van der Waals surface area contributed by atoms with Crippen molar-refractivity contribution in [3.05, 3.63) is 18.2 Å². The zero-order valence-electron chi connectivity index (χ0n) is 20.2. The van der Waals surface area contributed by atoms with E-state index in [0.29, 0.717) is 23.6 Å². The Kier molecular flexibility index (Phi) is 6.49. The van der Waals surface area contributed by atoms with E-state index in [2.05, 4.69) is 39.4 Å². The number of hydrogen-bond acceptors (Lipinski definition) is 8. The molecule has 0 spiro atoms. The Morgan fingerprint density at radius 1 is 1.18 bits per heavy atom. The molecule has 182 valence electrons. The van der Waals surface area contributed by atoms with Gasteiger partial charge in [0.1, 0.15) is 0 Å². The van der Waals surface area contributed by atoms with Gasteiger partial charge in [0.25, 0.3) is 5.89 Å². The zero-order chi connectivity index (χ0) is 23.7. The molecule has 5 rings (SSSR count). The summed E-state index contributed by atoms with van der Waals surface area (Å²) in [4.78, 5) is 24.1. The highest BCUT2D eigenvalue weighted by Crippen LogP contribution is 2.34. The molecule has 2 unspecified atom stereocenters. The van der Waals surface area contributed by atoms with E-state index in [1.165, 1.54) is 0 Å². The number of anilines is 1. The van der Waals surface area contributed by atoms with Crippen LogP contribution in [0.1, 0.15) is 45.9 Å². The third kappa shape index (κ3) is 4.64. The van der Waals surface area contributed by atoms with Gasteiger partial charge in [-0.05, 0) is 38.0 Å². The summed E-state index contributed by atoms with van der Waals surface area (Å²) in [5.74, 6) is 1.82. The van der Waals surface area contributed by atoms with Gasteiger partial charge in [0.15, 0.2) is 11.5 Å². The fourth-order valence-corrected chi connectivity index (χ4v) is 5.17. The first-order valence-electron chi connectivity index (χ1n) is 12.3. The molecule has 2 aliphatic heterocycles. The Morgan fingerprint density at radius 2 is 1.94 bits per heavy atom. The Morgan fingerprint density at radius 3 is 2.68 bits per heavy atom. The molecule has 5 heterocycles. The van der Waals surface area contributed by atoms with Crippen LogP contribution in [0.4, 0.5) is 5.69 Å². The van der Waals surface area contributed by atoms with Crippen LogP contribution in [0.2, 0.25) is 0 Å². The number of likely N-dealkylation sites (tertiary alicyclic amines) is 1. The molecule has 2 atom stereocenters. The lowest BCUT2D eigenvalue weighted by molar-refractivity contribution is -0.133. The summed E-state index contributed by atoms with van der Waals surface area (Å²) < 4.78 is 13.0. The largest absolute Gasteiger partial charge is 0.381 e. The predicted octanol–water partition coefficient (Wildman–Crippen LogP) is 3.14. The molecule has 2 aliphatic rings. The second-order valence-electron chi connectivity index (χ2n) is 9.71. The van der Waals surface area contributed by atoms with Gasteiger partial charge in [-0.15, -0.1) is 0 Å². The molecule has 34 heavy (non-hydrogen) atoms. The lowest BCUT2D eigenvalue weighted by atomic mass is 9.92. The minimum Gasteiger partial charge on any atom is -0.381 e. The summed E-state index contributed by atoms with van der Waals surface area (Å²) >= 11 is 0. The van der Waals surface area contributed by atoms with Crippen molar-refractivity contribution in [2.75, 3.05) is 31.6 Å². The highest BCUT2D eigenvalue weighted by molar-refractivity contribution is 5.96. The van der Waals surface area contributed by atoms with Gasteiger partial charge in [-0.1, -0.05) is 19.0 Å². The van der Waals surface area contributed by atoms with Crippen LogP contribution in [0.15, 0.2) is 16.9 Å². The Bertz CT molecular complexity index is 1140. The summed E-state index contributed by atoms with van der Waals surface area (Å²) in [6.45, 7) is 10.2. The third-order valence-corrected chi connectivity index (χ3v) is 6.76. The standard InChI is InChI=1S/C24H33N7O3/c1-4-31-23-18(12-26-31)22(27-17-5-7-33-8-6-17)19(11-25-23)24-28-20(29-34-24)10-21(32)30-13-15(2)9-16(3)14-30/h11-12,15-17H,4-10,13-14H2,1-3H3,(H,25,27). The topological polar surface area (TPSA) is 111 Å². The van der Waals surface area contributed by atoms with Gasteiger partial charge in [-0.25, -0.2) is 9.67 Å². The molecule has 3 aromatic rings. The molecule has 3 aromatic heterocycles. The highest BCUT2D eigenvalue weighted by Gasteiger charge is 2.27. The fourth-order valence-electron chi connectivity index (χ4n) is 5.17. The molecule has 0 saturated carbocycles. The Labute approximate surface area is 199 Å². The van der Waals surface area contributed by atoms with Gasteiger partial charge in [-0.3, -0.25) is 4.79 Å². The van der Waals surface area contributed by atoms with Crippen LogP contribution < -0.4 is 5.32 Å². The molecule has 0 bridgehead atoms. The summed E-state index contributed by atoms with van der Waals surface area (Å²) in [7, 11) is 0. The number of nitrogens with zero attached hydrogens (tertiary/aromatic N) is 6. The van der Waals surface area contributed by atoms with Crippen molar-refractivity contribution < 1.29 is 14.1 Å². The number of fused-ring (bicyclic) bond motifs is 1. The molecule has 0 aromatic carbocycles. The lowest BCUT2D eigenvalue weighted by Crippen LogP contribution is -2.43. The molecular formula is C24H33N7O3. The highest BCUT2D eigenvalue weighted by atomic mass is 16.5. The number of rotatable bonds is 6. The molecule has 2 saturated heterocycles. The maximum atomic E-state index is 12.9. The molecular weight excluding hydrogens is 434 g/mol. The summed E-state index contributed by atoms with van der Waals surface area (Å²) in [5.41, 5.74) is 2.42. The quantitative estimate of drug-likeness (QED) is 0.589. The average molecular weight is 468 g/mol. The van der Waals surface area contributed by atoms with E-state index >= 15 is 0 Å². The van der Waals surface area contributed by atoms with Crippen molar-refractivity contribution in [2.45, 2.75) is 59.0 Å². The summed E-state index contributed by atoms with van der Waals surface area (Å²) in [5, 5.41) is 13.2. The first kappa shape index (κ1) is 22.8. The molecule has 1 amide bonds. The molecule has 10 heteroatoms. The predicted molar refractivity (Wildman–Crippen MR) is 127 cm³/mol. The number of amides is 1. The Hall–Kier alpha value is -3.01. The van der Waals surface area contributed by atoms with Crippen LogP contribution >= 0.6 is 0 Å². The van der Waals surface area contributed by atoms with Gasteiger partial charge >= 0.3 is 0 Å². The molecule has 0 radical (unpaired) electrons. The molecule has 0 aliphatic carbocycles. The van der Waals surface area contributed by atoms with E-state index in [1.54, 1.807) is 6.20 Å². The van der Waals surface area contributed by atoms with E-state index < -0.39 is 0 Å². The zero-order valence-corrected chi connectivity index (χ0v) is 20.2. The minimum atomic E-state index is 0.0455. The van der Waals surface area contributed by atoms with Gasteiger partial charge in [0.2, 0.25) is 5.91 Å². The minimum absolute atomic E-state index is 0.0455. The van der Waals surface area contributed by atoms with E-state index in [0.717, 1.165) is 74.4 Å². The normalized spacial score (nSPS) is 21.8. The van der Waals surface area contributed by atoms with Crippen LogP contribution in [0.3, 0.4) is 0 Å². The lowest BCUT2D eigenvalue weighted by Gasteiger charge is -2.34. The number of carbonyl (C=O) groups excluding carboxylic acids is 1. The number of aromatic nitrogens is 5. The van der Waals surface area contributed by atoms with Crippen LogP contribution in [0.25, 0.3) is 22.5 Å². The van der Waals surface area contributed by atoms with Crippen molar-refractivity contribution in [1.82, 2.24) is 29.8 Å². The summed E-state index contributed by atoms with van der Waals surface area (Å²) in [6.07, 6.45) is 6.71. The van der Waals surface area contributed by atoms with Crippen molar-refractivity contribution in [1.29, 1.82) is 0 Å². The van der Waals surface area contributed by atoms with Crippen molar-refractivity contribution in [3.63, 3.8) is 0 Å². The fraction of sp³-hybridized carbons (Fsp3) is 0.625. The average Bonchev–Trinajstić information content (AvgIpc) is 3.46. The van der Waals surface area contributed by atoms with Crippen molar-refractivity contribution in [3.8, 4) is 11.5 Å². The maximum Gasteiger partial charge on any atom is 0.261 e. The first-order valence-corrected chi connectivity index (χ1v) is 12.3. The van der Waals surface area contributed by atoms with E-state index in [4.69, 9.17) is 9.26 Å². The third-order valence-electron chi connectivity index (χ3n) is 6.76. The SMILES string of the molecule is CCn1ncc2c(NC3CCOCC3)c(-c3nc(CC(=O)N4CC(C)CC(C)C4)no3)cnc21. The van der Waals surface area contributed by atoms with Gasteiger partial charge < -0.3 is 19.5 Å². The second kappa shape index (κ2) is 9.69. The van der Waals surface area contributed by atoms with E-state index in [-0.39, 0.29) is 18.4 Å². The van der Waals surface area contributed by atoms with E-state index in [1.807, 2.05) is 22.7 Å². The molecule has 1 N–H and O–H groups in total. The number of nitrogens with one attached hydrogen (secondary N) is 1. The monoisotopic (exact) mass is 467 g/mol. The number of aryl methyl sites for hydroxylation is 1. The van der Waals surface area contributed by atoms with Crippen molar-refractivity contribution >= 4 is 22.6 Å². The first-order chi connectivity index (χ1) is 16.5. The van der Waals surface area contributed by atoms with Crippen LogP contribution in [-0.2, 0) is 22.5 Å². The second-order valence-corrected chi connectivity index (χ2v) is 9.71. The summed E-state index contributed by atoms with van der Waals surface area (Å²) in [6, 6.07) is 0.273. The Balaban J connectivity index is 1.41. The number of pyridine rings is 1. The number of ether oxygens (including phenoxy) is 1. The van der Waals surface area contributed by atoms with E-state index in [9.17, 15) is 4.79 Å². The van der Waals surface area contributed by atoms with Gasteiger partial charge in [-0.2, -0.15) is 10.1 Å². The maximum absolute atomic E-state index is 12.9. The van der Waals surface area contributed by atoms with Crippen LogP contribution in [0, 0.1) is 11.8 Å². The van der Waals surface area contributed by atoms with Gasteiger partial charge in [0, 0.05) is 45.1 Å². The molecule has 2 fully saturated rings.